The quantitative estimate of drug-likeness (QED) is 0.721. The number of likely N-dealkylation sites (tertiary alicyclic amines) is 1. The van der Waals surface area contributed by atoms with E-state index >= 15 is 0 Å². The van der Waals surface area contributed by atoms with Gasteiger partial charge in [-0.3, -0.25) is 4.79 Å². The summed E-state index contributed by atoms with van der Waals surface area (Å²) in [7, 11) is 1.69. The van der Waals surface area contributed by atoms with Gasteiger partial charge in [-0.25, -0.2) is 4.79 Å². The molecule has 0 atom stereocenters. The van der Waals surface area contributed by atoms with Gasteiger partial charge in [0.2, 0.25) is 0 Å². The van der Waals surface area contributed by atoms with E-state index in [0.717, 1.165) is 25.9 Å². The van der Waals surface area contributed by atoms with Crippen LogP contribution in [-0.4, -0.2) is 55.4 Å². The van der Waals surface area contributed by atoms with E-state index < -0.39 is 5.97 Å². The molecule has 0 aromatic carbocycles. The maximum Gasteiger partial charge on any atom is 0.317 e. The normalized spacial score (nSPS) is 20.8. The Morgan fingerprint density at radius 1 is 1.42 bits per heavy atom. The molecule has 1 heterocycles. The first-order valence-electron chi connectivity index (χ1n) is 6.78. The highest BCUT2D eigenvalue weighted by molar-refractivity contribution is 5.75. The van der Waals surface area contributed by atoms with Crippen LogP contribution in [0.15, 0.2) is 0 Å². The third-order valence-corrected chi connectivity index (χ3v) is 4.12. The Labute approximate surface area is 113 Å². The Morgan fingerprint density at radius 3 is 2.63 bits per heavy atom. The number of carbonyl (C=O) groups excluding carboxylic acids is 1. The summed E-state index contributed by atoms with van der Waals surface area (Å²) in [5.74, 6) is -0.673. The van der Waals surface area contributed by atoms with Crippen molar-refractivity contribution in [1.29, 1.82) is 0 Å². The van der Waals surface area contributed by atoms with Gasteiger partial charge in [-0.1, -0.05) is 0 Å². The summed E-state index contributed by atoms with van der Waals surface area (Å²) in [6.45, 7) is 2.56. The molecule has 0 aromatic rings. The molecular weight excluding hydrogens is 248 g/mol. The molecule has 0 unspecified atom stereocenters. The summed E-state index contributed by atoms with van der Waals surface area (Å²) in [5.41, 5.74) is 0.247. The molecule has 6 heteroatoms. The molecule has 2 N–H and O–H groups in total. The minimum atomic E-state index is -0.790. The van der Waals surface area contributed by atoms with Gasteiger partial charge in [-0.15, -0.1) is 0 Å². The number of carbonyl (C=O) groups is 2. The molecule has 2 amide bonds. The van der Waals surface area contributed by atoms with Gasteiger partial charge in [0.1, 0.15) is 0 Å². The number of urea groups is 1. The van der Waals surface area contributed by atoms with Crippen molar-refractivity contribution in [2.24, 2.45) is 11.3 Å². The number of hydrogen-bond acceptors (Lipinski definition) is 3. The Balaban J connectivity index is 1.62. The highest BCUT2D eigenvalue weighted by Gasteiger charge is 2.42. The molecule has 1 aliphatic carbocycles. The first-order valence-corrected chi connectivity index (χ1v) is 6.78. The predicted molar refractivity (Wildman–Crippen MR) is 68.9 cm³/mol. The number of carboxylic acids is 1. The van der Waals surface area contributed by atoms with E-state index in [1.165, 1.54) is 0 Å². The lowest BCUT2D eigenvalue weighted by Crippen LogP contribution is -2.54. The standard InChI is InChI=1S/C13H22N2O4/c1-19-5-4-13(2-3-13)9-14-12(18)15-7-10(8-15)6-11(16)17/h10H,2-9H2,1H3,(H,14,18)(H,16,17). The second kappa shape index (κ2) is 5.77. The lowest BCUT2D eigenvalue weighted by atomic mass is 9.97. The van der Waals surface area contributed by atoms with E-state index in [1.807, 2.05) is 0 Å². The third kappa shape index (κ3) is 3.83. The lowest BCUT2D eigenvalue weighted by Gasteiger charge is -2.38. The summed E-state index contributed by atoms with van der Waals surface area (Å²) in [4.78, 5) is 24.0. The summed E-state index contributed by atoms with van der Waals surface area (Å²) in [5, 5.41) is 11.6. The number of amides is 2. The number of methoxy groups -OCH3 is 1. The average Bonchev–Trinajstić information content (AvgIpc) is 3.08. The van der Waals surface area contributed by atoms with Gasteiger partial charge in [0, 0.05) is 39.3 Å². The van der Waals surface area contributed by atoms with Gasteiger partial charge < -0.3 is 20.1 Å². The van der Waals surface area contributed by atoms with Crippen molar-refractivity contribution in [2.45, 2.75) is 25.7 Å². The zero-order valence-electron chi connectivity index (χ0n) is 11.4. The van der Waals surface area contributed by atoms with Crippen molar-refractivity contribution >= 4 is 12.0 Å². The monoisotopic (exact) mass is 270 g/mol. The van der Waals surface area contributed by atoms with Crippen LogP contribution in [0.5, 0.6) is 0 Å². The lowest BCUT2D eigenvalue weighted by molar-refractivity contribution is -0.139. The maximum atomic E-state index is 11.8. The largest absolute Gasteiger partial charge is 0.481 e. The SMILES string of the molecule is COCCC1(CNC(=O)N2CC(CC(=O)O)C2)CC1. The highest BCUT2D eigenvalue weighted by atomic mass is 16.5. The average molecular weight is 270 g/mol. The number of nitrogens with one attached hydrogen (secondary N) is 1. The van der Waals surface area contributed by atoms with Crippen molar-refractivity contribution in [3.8, 4) is 0 Å². The predicted octanol–water partition coefficient (Wildman–Crippen LogP) is 0.919. The molecule has 108 valence electrons. The molecule has 2 aliphatic rings. The molecule has 0 aromatic heterocycles. The third-order valence-electron chi connectivity index (χ3n) is 4.12. The Bertz CT molecular complexity index is 349. The molecule has 0 bridgehead atoms. The van der Waals surface area contributed by atoms with Gasteiger partial charge in [-0.2, -0.15) is 0 Å². The fourth-order valence-corrected chi connectivity index (χ4v) is 2.50. The van der Waals surface area contributed by atoms with Crippen molar-refractivity contribution in [2.75, 3.05) is 33.4 Å². The zero-order chi connectivity index (χ0) is 13.9. The first-order chi connectivity index (χ1) is 9.04. The van der Waals surface area contributed by atoms with Crippen LogP contribution < -0.4 is 5.32 Å². The Morgan fingerprint density at radius 2 is 2.11 bits per heavy atom. The number of ether oxygens (including phenoxy) is 1. The van der Waals surface area contributed by atoms with Gasteiger partial charge in [-0.05, 0) is 24.7 Å². The van der Waals surface area contributed by atoms with Crippen LogP contribution in [-0.2, 0) is 9.53 Å². The van der Waals surface area contributed by atoms with E-state index in [0.29, 0.717) is 19.6 Å². The minimum absolute atomic E-state index is 0.0645. The summed E-state index contributed by atoms with van der Waals surface area (Å²) >= 11 is 0. The van der Waals surface area contributed by atoms with Crippen molar-refractivity contribution in [3.05, 3.63) is 0 Å². The van der Waals surface area contributed by atoms with Crippen LogP contribution in [0.3, 0.4) is 0 Å². The minimum Gasteiger partial charge on any atom is -0.481 e. The van der Waals surface area contributed by atoms with E-state index in [4.69, 9.17) is 9.84 Å². The van der Waals surface area contributed by atoms with E-state index in [-0.39, 0.29) is 23.8 Å². The van der Waals surface area contributed by atoms with Gasteiger partial charge >= 0.3 is 12.0 Å². The van der Waals surface area contributed by atoms with Crippen LogP contribution in [0.2, 0.25) is 0 Å². The molecule has 0 radical (unpaired) electrons. The van der Waals surface area contributed by atoms with Gasteiger partial charge in [0.25, 0.3) is 0 Å². The van der Waals surface area contributed by atoms with Crippen molar-refractivity contribution in [1.82, 2.24) is 10.2 Å². The molecule has 1 aliphatic heterocycles. The van der Waals surface area contributed by atoms with Crippen LogP contribution in [0.1, 0.15) is 25.7 Å². The fraction of sp³-hybridized carbons (Fsp3) is 0.846. The molecule has 0 spiro atoms. The molecule has 2 rings (SSSR count). The molecule has 1 saturated heterocycles. The summed E-state index contributed by atoms with van der Waals surface area (Å²) < 4.78 is 5.08. The highest BCUT2D eigenvalue weighted by Crippen LogP contribution is 2.48. The molecule has 19 heavy (non-hydrogen) atoms. The van der Waals surface area contributed by atoms with Crippen LogP contribution >= 0.6 is 0 Å². The Kier molecular flexibility index (Phi) is 4.29. The molecule has 1 saturated carbocycles. The van der Waals surface area contributed by atoms with Crippen LogP contribution in [0.25, 0.3) is 0 Å². The summed E-state index contributed by atoms with van der Waals surface area (Å²) in [6, 6.07) is -0.0645. The van der Waals surface area contributed by atoms with Crippen LogP contribution in [0.4, 0.5) is 4.79 Å². The van der Waals surface area contributed by atoms with Gasteiger partial charge in [0.15, 0.2) is 0 Å². The van der Waals surface area contributed by atoms with Crippen LogP contribution in [0, 0.1) is 11.3 Å². The number of aliphatic carboxylic acids is 1. The maximum absolute atomic E-state index is 11.8. The number of nitrogens with zero attached hydrogens (tertiary/aromatic N) is 1. The smallest absolute Gasteiger partial charge is 0.317 e. The molecule has 6 nitrogen and oxygen atoms in total. The van der Waals surface area contributed by atoms with Crippen molar-refractivity contribution in [3.63, 3.8) is 0 Å². The Hall–Kier alpha value is -1.30. The first kappa shape index (κ1) is 14.1. The number of rotatable bonds is 7. The summed E-state index contributed by atoms with van der Waals surface area (Å²) in [6.07, 6.45) is 3.45. The second-order valence-corrected chi connectivity index (χ2v) is 5.77. The molecular formula is C13H22N2O4. The van der Waals surface area contributed by atoms with Crippen molar-refractivity contribution < 1.29 is 19.4 Å². The zero-order valence-corrected chi connectivity index (χ0v) is 11.4. The molecule has 2 fully saturated rings. The fourth-order valence-electron chi connectivity index (χ4n) is 2.50. The van der Waals surface area contributed by atoms with E-state index in [2.05, 4.69) is 5.32 Å². The second-order valence-electron chi connectivity index (χ2n) is 5.77. The number of carboxylic acid groups (broad SMARTS) is 1. The topological polar surface area (TPSA) is 78.9 Å². The van der Waals surface area contributed by atoms with Gasteiger partial charge in [0.05, 0.1) is 6.42 Å². The number of hydrogen-bond donors (Lipinski definition) is 2. The van der Waals surface area contributed by atoms with E-state index in [9.17, 15) is 9.59 Å². The van der Waals surface area contributed by atoms with E-state index in [1.54, 1.807) is 12.0 Å².